The Labute approximate surface area is 206 Å². The SMILES string of the molecule is C=CCn1c(COc2cccc(C)c2)nnc1SCC(=O)Nc1sc2c(c1C(N)=O)CCCC2. The van der Waals surface area contributed by atoms with E-state index in [0.717, 1.165) is 47.4 Å². The molecule has 0 saturated carbocycles. The van der Waals surface area contributed by atoms with Crippen molar-refractivity contribution in [1.82, 2.24) is 14.8 Å². The number of nitrogens with one attached hydrogen (secondary N) is 1. The van der Waals surface area contributed by atoms with Gasteiger partial charge >= 0.3 is 0 Å². The van der Waals surface area contributed by atoms with Crippen LogP contribution in [0.2, 0.25) is 0 Å². The molecule has 0 unspecified atom stereocenters. The third kappa shape index (κ3) is 5.51. The highest BCUT2D eigenvalue weighted by molar-refractivity contribution is 7.99. The Bertz CT molecular complexity index is 1220. The second-order valence-electron chi connectivity index (χ2n) is 8.02. The van der Waals surface area contributed by atoms with Gasteiger partial charge in [0.2, 0.25) is 5.91 Å². The lowest BCUT2D eigenvalue weighted by atomic mass is 9.95. The number of nitrogens with two attached hydrogens (primary N) is 1. The summed E-state index contributed by atoms with van der Waals surface area (Å²) in [5.41, 5.74) is 8.19. The highest BCUT2D eigenvalue weighted by Gasteiger charge is 2.25. The zero-order chi connectivity index (χ0) is 24.1. The number of ether oxygens (including phenoxy) is 1. The topological polar surface area (TPSA) is 112 Å². The molecule has 10 heteroatoms. The van der Waals surface area contributed by atoms with Crippen LogP contribution in [0.5, 0.6) is 5.75 Å². The summed E-state index contributed by atoms with van der Waals surface area (Å²) in [5.74, 6) is 0.800. The van der Waals surface area contributed by atoms with Crippen LogP contribution in [0, 0.1) is 6.92 Å². The minimum Gasteiger partial charge on any atom is -0.486 e. The van der Waals surface area contributed by atoms with E-state index < -0.39 is 5.91 Å². The fraction of sp³-hybridized carbons (Fsp3) is 0.333. The van der Waals surface area contributed by atoms with E-state index in [0.29, 0.717) is 28.1 Å². The molecule has 1 aliphatic carbocycles. The predicted molar refractivity (Wildman–Crippen MR) is 135 cm³/mol. The number of carbonyl (C=O) groups excluding carboxylic acids is 2. The molecule has 3 N–H and O–H groups in total. The fourth-order valence-electron chi connectivity index (χ4n) is 3.91. The number of fused-ring (bicyclic) bond motifs is 1. The number of hydrogen-bond acceptors (Lipinski definition) is 7. The normalized spacial score (nSPS) is 12.7. The van der Waals surface area contributed by atoms with E-state index in [-0.39, 0.29) is 18.3 Å². The third-order valence-corrected chi connectivity index (χ3v) is 7.64. The van der Waals surface area contributed by atoms with Gasteiger partial charge in [0, 0.05) is 11.4 Å². The van der Waals surface area contributed by atoms with Crippen LogP contribution in [-0.2, 0) is 30.8 Å². The van der Waals surface area contributed by atoms with Crippen molar-refractivity contribution in [2.24, 2.45) is 5.73 Å². The second kappa shape index (κ2) is 10.9. The van der Waals surface area contributed by atoms with Crippen LogP contribution in [0.4, 0.5) is 5.00 Å². The molecule has 0 saturated heterocycles. The molecule has 8 nitrogen and oxygen atoms in total. The number of carbonyl (C=O) groups is 2. The van der Waals surface area contributed by atoms with Gasteiger partial charge in [-0.3, -0.25) is 14.2 Å². The molecule has 0 fully saturated rings. The van der Waals surface area contributed by atoms with Gasteiger partial charge in [0.25, 0.3) is 5.91 Å². The van der Waals surface area contributed by atoms with Crippen LogP contribution in [0.15, 0.2) is 42.1 Å². The number of benzene rings is 1. The lowest BCUT2D eigenvalue weighted by Crippen LogP contribution is -2.19. The van der Waals surface area contributed by atoms with Crippen LogP contribution in [-0.4, -0.2) is 32.3 Å². The van der Waals surface area contributed by atoms with Gasteiger partial charge in [-0.15, -0.1) is 28.1 Å². The Morgan fingerprint density at radius 3 is 2.91 bits per heavy atom. The standard InChI is InChI=1S/C24H27N5O3S2/c1-3-11-29-19(13-32-16-8-6-7-15(2)12-16)27-28-24(29)33-14-20(30)26-23-21(22(25)31)17-9-4-5-10-18(17)34-23/h3,6-8,12H,1,4-5,9-11,13-14H2,2H3,(H2,25,31)(H,26,30). The molecule has 2 heterocycles. The lowest BCUT2D eigenvalue weighted by Gasteiger charge is -2.11. The van der Waals surface area contributed by atoms with Gasteiger partial charge in [0.05, 0.1) is 11.3 Å². The Balaban J connectivity index is 1.41. The lowest BCUT2D eigenvalue weighted by molar-refractivity contribution is -0.113. The number of allylic oxidation sites excluding steroid dienone is 1. The Morgan fingerprint density at radius 2 is 2.15 bits per heavy atom. The molecule has 3 aromatic rings. The van der Waals surface area contributed by atoms with Crippen molar-refractivity contribution >= 4 is 39.9 Å². The van der Waals surface area contributed by atoms with Crippen molar-refractivity contribution in [2.75, 3.05) is 11.1 Å². The number of thioether (sulfide) groups is 1. The largest absolute Gasteiger partial charge is 0.486 e. The van der Waals surface area contributed by atoms with E-state index in [2.05, 4.69) is 22.1 Å². The number of aryl methyl sites for hydroxylation is 2. The van der Waals surface area contributed by atoms with Crippen molar-refractivity contribution in [2.45, 2.75) is 50.9 Å². The molecule has 0 radical (unpaired) electrons. The molecule has 1 aliphatic rings. The number of nitrogens with zero attached hydrogens (tertiary/aromatic N) is 3. The average molecular weight is 498 g/mol. The number of hydrogen-bond donors (Lipinski definition) is 2. The van der Waals surface area contributed by atoms with E-state index in [1.54, 1.807) is 6.08 Å². The van der Waals surface area contributed by atoms with Crippen molar-refractivity contribution in [3.05, 3.63) is 64.3 Å². The first-order valence-corrected chi connectivity index (χ1v) is 12.9. The maximum Gasteiger partial charge on any atom is 0.251 e. The molecule has 0 aliphatic heterocycles. The minimum absolute atomic E-state index is 0.120. The molecule has 2 amide bonds. The number of aromatic nitrogens is 3. The summed E-state index contributed by atoms with van der Waals surface area (Å²) in [5, 5.41) is 12.5. The van der Waals surface area contributed by atoms with Crippen LogP contribution in [0.25, 0.3) is 0 Å². The highest BCUT2D eigenvalue weighted by Crippen LogP contribution is 2.38. The predicted octanol–water partition coefficient (Wildman–Crippen LogP) is 4.12. The maximum atomic E-state index is 12.7. The molecule has 4 rings (SSSR count). The number of thiophene rings is 1. The molecule has 34 heavy (non-hydrogen) atoms. The quantitative estimate of drug-likeness (QED) is 0.322. The van der Waals surface area contributed by atoms with Crippen molar-refractivity contribution in [3.63, 3.8) is 0 Å². The van der Waals surface area contributed by atoms with Crippen LogP contribution in [0.1, 0.15) is 45.0 Å². The molecule has 178 valence electrons. The number of primary amides is 1. The summed E-state index contributed by atoms with van der Waals surface area (Å²) in [6, 6.07) is 7.79. The first-order valence-electron chi connectivity index (χ1n) is 11.1. The molecular weight excluding hydrogens is 470 g/mol. The number of rotatable bonds is 10. The van der Waals surface area contributed by atoms with E-state index in [4.69, 9.17) is 10.5 Å². The smallest absolute Gasteiger partial charge is 0.251 e. The van der Waals surface area contributed by atoms with Gasteiger partial charge in [-0.1, -0.05) is 30.0 Å². The summed E-state index contributed by atoms with van der Waals surface area (Å²) in [7, 11) is 0. The minimum atomic E-state index is -0.494. The average Bonchev–Trinajstić information content (AvgIpc) is 3.37. The van der Waals surface area contributed by atoms with E-state index in [9.17, 15) is 9.59 Å². The van der Waals surface area contributed by atoms with Gasteiger partial charge in [-0.2, -0.15) is 0 Å². The van der Waals surface area contributed by atoms with E-state index >= 15 is 0 Å². The van der Waals surface area contributed by atoms with Crippen LogP contribution < -0.4 is 15.8 Å². The Morgan fingerprint density at radius 1 is 1.32 bits per heavy atom. The Kier molecular flexibility index (Phi) is 7.69. The van der Waals surface area contributed by atoms with Gasteiger partial charge < -0.3 is 15.8 Å². The van der Waals surface area contributed by atoms with E-state index in [1.165, 1.54) is 23.1 Å². The van der Waals surface area contributed by atoms with Gasteiger partial charge in [0.1, 0.15) is 17.4 Å². The summed E-state index contributed by atoms with van der Waals surface area (Å²) in [6.45, 7) is 6.56. The number of anilines is 1. The number of amides is 2. The zero-order valence-corrected chi connectivity index (χ0v) is 20.6. The molecule has 0 bridgehead atoms. The molecular formula is C24H27N5O3S2. The fourth-order valence-corrected chi connectivity index (χ4v) is 5.98. The third-order valence-electron chi connectivity index (χ3n) is 5.47. The molecule has 0 spiro atoms. The molecule has 0 atom stereocenters. The van der Waals surface area contributed by atoms with Gasteiger partial charge in [-0.25, -0.2) is 0 Å². The summed E-state index contributed by atoms with van der Waals surface area (Å²) >= 11 is 2.73. The summed E-state index contributed by atoms with van der Waals surface area (Å²) in [4.78, 5) is 25.9. The second-order valence-corrected chi connectivity index (χ2v) is 10.1. The van der Waals surface area contributed by atoms with Crippen molar-refractivity contribution in [3.8, 4) is 5.75 Å². The summed E-state index contributed by atoms with van der Waals surface area (Å²) < 4.78 is 7.74. The van der Waals surface area contributed by atoms with Crippen LogP contribution in [0.3, 0.4) is 0 Å². The first-order chi connectivity index (χ1) is 16.5. The zero-order valence-electron chi connectivity index (χ0n) is 19.0. The molecule has 1 aromatic carbocycles. The maximum absolute atomic E-state index is 12.7. The van der Waals surface area contributed by atoms with E-state index in [1.807, 2.05) is 35.8 Å². The van der Waals surface area contributed by atoms with Crippen LogP contribution >= 0.6 is 23.1 Å². The molecule has 2 aromatic heterocycles. The summed E-state index contributed by atoms with van der Waals surface area (Å²) in [6.07, 6.45) is 5.61. The van der Waals surface area contributed by atoms with Gasteiger partial charge in [0.15, 0.2) is 11.0 Å². The highest BCUT2D eigenvalue weighted by atomic mass is 32.2. The van der Waals surface area contributed by atoms with Gasteiger partial charge in [-0.05, 0) is 55.9 Å². The van der Waals surface area contributed by atoms with Crippen molar-refractivity contribution in [1.29, 1.82) is 0 Å². The van der Waals surface area contributed by atoms with Crippen molar-refractivity contribution < 1.29 is 14.3 Å². The Hall–Kier alpha value is -3.11. The monoisotopic (exact) mass is 497 g/mol. The first kappa shape index (κ1) is 24.0.